The summed E-state index contributed by atoms with van der Waals surface area (Å²) in [5.74, 6) is -0.886. The van der Waals surface area contributed by atoms with Crippen molar-refractivity contribution < 1.29 is 28.6 Å². The number of ether oxygens (including phenoxy) is 3. The lowest BCUT2D eigenvalue weighted by atomic mass is 10.0. The molecule has 0 amide bonds. The van der Waals surface area contributed by atoms with Crippen LogP contribution < -0.4 is 0 Å². The van der Waals surface area contributed by atoms with Gasteiger partial charge in [0, 0.05) is 19.3 Å². The van der Waals surface area contributed by atoms with E-state index in [9.17, 15) is 14.4 Å². The molecule has 0 aromatic carbocycles. The Balaban J connectivity index is 4.26. The van der Waals surface area contributed by atoms with E-state index in [0.717, 1.165) is 103 Å². The van der Waals surface area contributed by atoms with E-state index in [-0.39, 0.29) is 31.1 Å². The topological polar surface area (TPSA) is 78.9 Å². The Morgan fingerprint density at radius 1 is 0.288 bits per heavy atom. The number of hydrogen-bond donors (Lipinski definition) is 0. The zero-order chi connectivity index (χ0) is 52.9. The van der Waals surface area contributed by atoms with Crippen molar-refractivity contribution in [3.05, 3.63) is 48.6 Å². The van der Waals surface area contributed by atoms with Gasteiger partial charge in [0.2, 0.25) is 0 Å². The fourth-order valence-corrected chi connectivity index (χ4v) is 9.51. The largest absolute Gasteiger partial charge is 0.462 e. The molecule has 0 fully saturated rings. The van der Waals surface area contributed by atoms with Gasteiger partial charge >= 0.3 is 17.9 Å². The molecule has 0 saturated carbocycles. The van der Waals surface area contributed by atoms with Crippen LogP contribution in [-0.4, -0.2) is 37.2 Å². The average molecular weight is 1020 g/mol. The Bertz CT molecular complexity index is 1270. The second-order valence-electron chi connectivity index (χ2n) is 21.6. The first-order valence-corrected chi connectivity index (χ1v) is 32.1. The molecule has 73 heavy (non-hydrogen) atoms. The van der Waals surface area contributed by atoms with E-state index in [1.165, 1.54) is 199 Å². The van der Waals surface area contributed by atoms with Gasteiger partial charge in [-0.15, -0.1) is 0 Å². The number of hydrogen-bond acceptors (Lipinski definition) is 6. The van der Waals surface area contributed by atoms with E-state index in [1.54, 1.807) is 0 Å². The molecule has 0 rings (SSSR count). The van der Waals surface area contributed by atoms with Crippen LogP contribution in [0.3, 0.4) is 0 Å². The summed E-state index contributed by atoms with van der Waals surface area (Å²) in [5, 5.41) is 0. The summed E-state index contributed by atoms with van der Waals surface area (Å²) in [6.45, 7) is 6.55. The first-order valence-electron chi connectivity index (χ1n) is 32.1. The molecule has 0 aliphatic rings. The quantitative estimate of drug-likeness (QED) is 0.0261. The normalized spacial score (nSPS) is 12.3. The van der Waals surface area contributed by atoms with Crippen molar-refractivity contribution in [2.75, 3.05) is 13.2 Å². The Morgan fingerprint density at radius 2 is 0.534 bits per heavy atom. The fraction of sp³-hybridized carbons (Fsp3) is 0.836. The number of carbonyl (C=O) groups is 3. The lowest BCUT2D eigenvalue weighted by molar-refractivity contribution is -0.167. The summed E-state index contributed by atoms with van der Waals surface area (Å²) in [6, 6.07) is 0. The van der Waals surface area contributed by atoms with Gasteiger partial charge < -0.3 is 14.2 Å². The Morgan fingerprint density at radius 3 is 0.849 bits per heavy atom. The van der Waals surface area contributed by atoms with Crippen LogP contribution in [0.4, 0.5) is 0 Å². The monoisotopic (exact) mass is 1020 g/mol. The zero-order valence-electron chi connectivity index (χ0n) is 48.9. The van der Waals surface area contributed by atoms with E-state index in [0.29, 0.717) is 19.3 Å². The van der Waals surface area contributed by atoms with Crippen LogP contribution in [0.2, 0.25) is 0 Å². The average Bonchev–Trinajstić information content (AvgIpc) is 3.39. The van der Waals surface area contributed by atoms with Crippen LogP contribution in [0, 0.1) is 0 Å². The highest BCUT2D eigenvalue weighted by Gasteiger charge is 2.19. The van der Waals surface area contributed by atoms with Crippen LogP contribution in [0.5, 0.6) is 0 Å². The Hall–Kier alpha value is -2.63. The minimum Gasteiger partial charge on any atom is -0.462 e. The number of esters is 3. The van der Waals surface area contributed by atoms with E-state index in [1.807, 2.05) is 0 Å². The summed E-state index contributed by atoms with van der Waals surface area (Å²) in [7, 11) is 0. The highest BCUT2D eigenvalue weighted by atomic mass is 16.6. The number of rotatable bonds is 59. The molecule has 0 aromatic rings. The lowest BCUT2D eigenvalue weighted by Gasteiger charge is -2.18. The molecule has 6 nitrogen and oxygen atoms in total. The van der Waals surface area contributed by atoms with Crippen molar-refractivity contribution in [1.29, 1.82) is 0 Å². The maximum absolute atomic E-state index is 12.9. The predicted molar refractivity (Wildman–Crippen MR) is 316 cm³/mol. The van der Waals surface area contributed by atoms with E-state index < -0.39 is 6.10 Å². The van der Waals surface area contributed by atoms with Crippen LogP contribution in [0.25, 0.3) is 0 Å². The van der Waals surface area contributed by atoms with E-state index in [2.05, 4.69) is 69.4 Å². The summed E-state index contributed by atoms with van der Waals surface area (Å²) < 4.78 is 16.9. The lowest BCUT2D eigenvalue weighted by Crippen LogP contribution is -2.30. The summed E-state index contributed by atoms with van der Waals surface area (Å²) in [4.78, 5) is 38.3. The molecule has 1 atom stereocenters. The summed E-state index contributed by atoms with van der Waals surface area (Å²) in [6.07, 6.45) is 77.0. The van der Waals surface area contributed by atoms with Gasteiger partial charge in [-0.3, -0.25) is 14.4 Å². The third-order valence-electron chi connectivity index (χ3n) is 14.3. The van der Waals surface area contributed by atoms with Crippen molar-refractivity contribution in [1.82, 2.24) is 0 Å². The van der Waals surface area contributed by atoms with E-state index >= 15 is 0 Å². The third-order valence-corrected chi connectivity index (χ3v) is 14.3. The molecule has 0 N–H and O–H groups in total. The number of unbranched alkanes of at least 4 members (excludes halogenated alkanes) is 40. The maximum Gasteiger partial charge on any atom is 0.306 e. The first kappa shape index (κ1) is 70.4. The third kappa shape index (κ3) is 60.1. The molecule has 0 radical (unpaired) electrons. The molecule has 1 unspecified atom stereocenters. The first-order chi connectivity index (χ1) is 36.0. The fourth-order valence-electron chi connectivity index (χ4n) is 9.51. The van der Waals surface area contributed by atoms with Crippen molar-refractivity contribution in [2.45, 2.75) is 348 Å². The van der Waals surface area contributed by atoms with Crippen LogP contribution in [0.1, 0.15) is 342 Å². The van der Waals surface area contributed by atoms with Crippen molar-refractivity contribution in [3.63, 3.8) is 0 Å². The molecule has 0 aliphatic heterocycles. The van der Waals surface area contributed by atoms with Crippen LogP contribution >= 0.6 is 0 Å². The summed E-state index contributed by atoms with van der Waals surface area (Å²) in [5.41, 5.74) is 0. The molecular formula is C67H122O6. The van der Waals surface area contributed by atoms with Crippen molar-refractivity contribution in [3.8, 4) is 0 Å². The molecule has 426 valence electrons. The molecule has 0 saturated heterocycles. The molecule has 6 heteroatoms. The molecule has 0 heterocycles. The summed E-state index contributed by atoms with van der Waals surface area (Å²) >= 11 is 0. The van der Waals surface area contributed by atoms with Gasteiger partial charge in [0.15, 0.2) is 6.10 Å². The van der Waals surface area contributed by atoms with Crippen molar-refractivity contribution >= 4 is 17.9 Å². The van der Waals surface area contributed by atoms with E-state index in [4.69, 9.17) is 14.2 Å². The smallest absolute Gasteiger partial charge is 0.306 e. The Kier molecular flexibility index (Phi) is 59.7. The van der Waals surface area contributed by atoms with Crippen LogP contribution in [0.15, 0.2) is 48.6 Å². The highest BCUT2D eigenvalue weighted by Crippen LogP contribution is 2.18. The highest BCUT2D eigenvalue weighted by molar-refractivity contribution is 5.71. The second kappa shape index (κ2) is 61.9. The zero-order valence-corrected chi connectivity index (χ0v) is 48.9. The SMILES string of the molecule is CC/C=C\C/C=C\C/C=C\CCCCCCCC(=O)OC(COC(=O)CCCCCCC/C=C\CCCCCCCC)COC(=O)CCCCCCCCCCCCCCCCCCCCCCCCCCC. The van der Waals surface area contributed by atoms with Crippen LogP contribution in [-0.2, 0) is 28.6 Å². The minimum atomic E-state index is -0.784. The molecule has 0 aromatic heterocycles. The predicted octanol–water partition coefficient (Wildman–Crippen LogP) is 21.8. The Labute approximate surface area is 454 Å². The van der Waals surface area contributed by atoms with Gasteiger partial charge in [-0.2, -0.15) is 0 Å². The maximum atomic E-state index is 12.9. The molecular weight excluding hydrogens is 901 g/mol. The molecule has 0 bridgehead atoms. The van der Waals surface area contributed by atoms with Gasteiger partial charge in [-0.05, 0) is 77.0 Å². The second-order valence-corrected chi connectivity index (χ2v) is 21.6. The number of carbonyl (C=O) groups excluding carboxylic acids is 3. The van der Waals surface area contributed by atoms with Gasteiger partial charge in [0.25, 0.3) is 0 Å². The van der Waals surface area contributed by atoms with Gasteiger partial charge in [0.1, 0.15) is 13.2 Å². The van der Waals surface area contributed by atoms with Gasteiger partial charge in [-0.25, -0.2) is 0 Å². The minimum absolute atomic E-state index is 0.0795. The number of allylic oxidation sites excluding steroid dienone is 8. The molecule has 0 aliphatic carbocycles. The van der Waals surface area contributed by atoms with Gasteiger partial charge in [0.05, 0.1) is 0 Å². The standard InChI is InChI=1S/C67H122O6/c1-4-7-10-13-16-19-22-25-28-29-30-31-32-33-34-35-36-37-40-42-45-48-51-54-57-60-66(69)72-63-64(73-67(70)61-58-55-52-49-46-43-39-27-24-21-18-15-12-9-6-3)62-71-65(68)59-56-53-50-47-44-41-38-26-23-20-17-14-11-8-5-2/h9,12,18,21,26-27,38-39,64H,4-8,10-11,13-17,19-20,22-25,28-37,40-63H2,1-3H3/b12-9-,21-18-,38-26-,39-27-. The van der Waals surface area contributed by atoms with Gasteiger partial charge in [-0.1, -0.05) is 294 Å². The molecule has 0 spiro atoms. The van der Waals surface area contributed by atoms with Crippen molar-refractivity contribution in [2.24, 2.45) is 0 Å².